The summed E-state index contributed by atoms with van der Waals surface area (Å²) >= 11 is 0. The van der Waals surface area contributed by atoms with Gasteiger partial charge in [0.05, 0.1) is 0 Å². The van der Waals surface area contributed by atoms with Crippen molar-refractivity contribution >= 4 is 11.7 Å². The van der Waals surface area contributed by atoms with E-state index in [9.17, 15) is 14.9 Å². The molecule has 0 atom stereocenters. The quantitative estimate of drug-likeness (QED) is 0.611. The predicted octanol–water partition coefficient (Wildman–Crippen LogP) is 1.26. The van der Waals surface area contributed by atoms with Gasteiger partial charge in [0.25, 0.3) is 0 Å². The molecule has 0 aliphatic heterocycles. The number of carbonyl (C=O) groups excluding carboxylic acids is 1. The number of aryl methyl sites for hydroxylation is 1. The van der Waals surface area contributed by atoms with E-state index >= 15 is 0 Å². The fourth-order valence-corrected chi connectivity index (χ4v) is 1.45. The molecule has 0 saturated heterocycles. The highest BCUT2D eigenvalue weighted by Crippen LogP contribution is 2.09. The van der Waals surface area contributed by atoms with Crippen LogP contribution in [0.4, 0.5) is 5.82 Å². The van der Waals surface area contributed by atoms with Crippen LogP contribution in [0.3, 0.4) is 0 Å². The Kier molecular flexibility index (Phi) is 4.82. The molecular formula is C11H18N4O3. The van der Waals surface area contributed by atoms with Crippen molar-refractivity contribution in [1.82, 2.24) is 14.9 Å². The first-order valence-corrected chi connectivity index (χ1v) is 5.85. The summed E-state index contributed by atoms with van der Waals surface area (Å²) in [5.41, 5.74) is 0. The van der Waals surface area contributed by atoms with Crippen LogP contribution in [0, 0.1) is 23.0 Å². The number of nitrogens with one attached hydrogen (secondary N) is 1. The van der Waals surface area contributed by atoms with E-state index in [1.165, 1.54) is 10.8 Å². The lowest BCUT2D eigenvalue weighted by atomic mass is 10.1. The molecule has 0 spiro atoms. The zero-order valence-corrected chi connectivity index (χ0v) is 10.8. The maximum Gasteiger partial charge on any atom is 0.381 e. The van der Waals surface area contributed by atoms with Gasteiger partial charge >= 0.3 is 5.82 Å². The summed E-state index contributed by atoms with van der Waals surface area (Å²) in [4.78, 5) is 25.3. The van der Waals surface area contributed by atoms with E-state index in [0.717, 1.165) is 6.42 Å². The summed E-state index contributed by atoms with van der Waals surface area (Å²) in [5.74, 6) is 0.593. The maximum atomic E-state index is 11.6. The van der Waals surface area contributed by atoms with Crippen molar-refractivity contribution in [1.29, 1.82) is 0 Å². The Bertz CT molecular complexity index is 439. The SMILES string of the molecule is Cc1nc([N+](=O)[O-])cn1CC(=O)NCCC(C)C. The Morgan fingerprint density at radius 3 is 2.78 bits per heavy atom. The van der Waals surface area contributed by atoms with E-state index in [2.05, 4.69) is 24.1 Å². The van der Waals surface area contributed by atoms with Crippen molar-refractivity contribution in [2.24, 2.45) is 5.92 Å². The van der Waals surface area contributed by atoms with E-state index in [0.29, 0.717) is 18.3 Å². The summed E-state index contributed by atoms with van der Waals surface area (Å²) in [5, 5.41) is 13.3. The van der Waals surface area contributed by atoms with Gasteiger partial charge in [0.15, 0.2) is 0 Å². The normalized spacial score (nSPS) is 10.7. The highest BCUT2D eigenvalue weighted by Gasteiger charge is 2.16. The molecule has 0 aliphatic carbocycles. The van der Waals surface area contributed by atoms with Gasteiger partial charge in [-0.3, -0.25) is 9.36 Å². The molecule has 0 aliphatic rings. The third-order valence-corrected chi connectivity index (χ3v) is 2.51. The molecule has 100 valence electrons. The molecule has 0 radical (unpaired) electrons. The molecule has 0 fully saturated rings. The van der Waals surface area contributed by atoms with Crippen molar-refractivity contribution < 1.29 is 9.72 Å². The molecule has 7 heteroatoms. The molecule has 1 amide bonds. The molecule has 1 aromatic heterocycles. The summed E-state index contributed by atoms with van der Waals surface area (Å²) in [7, 11) is 0. The molecule has 1 N–H and O–H groups in total. The van der Waals surface area contributed by atoms with E-state index in [-0.39, 0.29) is 18.3 Å². The number of carbonyl (C=O) groups is 1. The van der Waals surface area contributed by atoms with E-state index in [4.69, 9.17) is 0 Å². The van der Waals surface area contributed by atoms with Gasteiger partial charge < -0.3 is 15.4 Å². The van der Waals surface area contributed by atoms with E-state index in [1.807, 2.05) is 0 Å². The van der Waals surface area contributed by atoms with Crippen molar-refractivity contribution in [2.75, 3.05) is 6.54 Å². The van der Waals surface area contributed by atoms with Crippen molar-refractivity contribution in [2.45, 2.75) is 33.7 Å². The fraction of sp³-hybridized carbons (Fsp3) is 0.636. The Balaban J connectivity index is 2.51. The summed E-state index contributed by atoms with van der Waals surface area (Å²) in [6.07, 6.45) is 2.19. The van der Waals surface area contributed by atoms with Gasteiger partial charge in [0.1, 0.15) is 12.7 Å². The van der Waals surface area contributed by atoms with Crippen molar-refractivity contribution in [3.05, 3.63) is 22.1 Å². The van der Waals surface area contributed by atoms with Crippen LogP contribution in [0.5, 0.6) is 0 Å². The van der Waals surface area contributed by atoms with Crippen LogP contribution in [0.2, 0.25) is 0 Å². The maximum absolute atomic E-state index is 11.6. The zero-order chi connectivity index (χ0) is 13.7. The highest BCUT2D eigenvalue weighted by molar-refractivity contribution is 5.75. The molecule has 0 aromatic carbocycles. The van der Waals surface area contributed by atoms with Gasteiger partial charge in [-0.2, -0.15) is 0 Å². The van der Waals surface area contributed by atoms with Gasteiger partial charge in [0, 0.05) is 13.5 Å². The number of hydrogen-bond acceptors (Lipinski definition) is 4. The first-order chi connectivity index (χ1) is 8.40. The van der Waals surface area contributed by atoms with Gasteiger partial charge in [-0.1, -0.05) is 13.8 Å². The molecule has 1 rings (SSSR count). The second kappa shape index (κ2) is 6.13. The third kappa shape index (κ3) is 4.15. The topological polar surface area (TPSA) is 90.1 Å². The lowest BCUT2D eigenvalue weighted by Gasteiger charge is -2.07. The molecule has 1 aromatic rings. The van der Waals surface area contributed by atoms with Gasteiger partial charge in [-0.05, 0) is 22.2 Å². The van der Waals surface area contributed by atoms with Gasteiger partial charge in [-0.15, -0.1) is 0 Å². The van der Waals surface area contributed by atoms with Crippen LogP contribution in [0.15, 0.2) is 6.20 Å². The van der Waals surface area contributed by atoms with Crippen LogP contribution in [0.1, 0.15) is 26.1 Å². The lowest BCUT2D eigenvalue weighted by molar-refractivity contribution is -0.389. The Labute approximate surface area is 105 Å². The number of amides is 1. The van der Waals surface area contributed by atoms with Crippen LogP contribution in [-0.4, -0.2) is 26.9 Å². The average molecular weight is 254 g/mol. The van der Waals surface area contributed by atoms with Crippen LogP contribution < -0.4 is 5.32 Å². The highest BCUT2D eigenvalue weighted by atomic mass is 16.6. The monoisotopic (exact) mass is 254 g/mol. The second-order valence-corrected chi connectivity index (χ2v) is 4.56. The standard InChI is InChI=1S/C11H18N4O3/c1-8(2)4-5-12-11(16)7-14-6-10(15(17)18)13-9(14)3/h6,8H,4-5,7H2,1-3H3,(H,12,16). The first-order valence-electron chi connectivity index (χ1n) is 5.85. The minimum atomic E-state index is -0.569. The zero-order valence-electron chi connectivity index (χ0n) is 10.8. The molecule has 18 heavy (non-hydrogen) atoms. The number of nitrogens with zero attached hydrogens (tertiary/aromatic N) is 3. The summed E-state index contributed by atoms with van der Waals surface area (Å²) in [6, 6.07) is 0. The Morgan fingerprint density at radius 2 is 2.28 bits per heavy atom. The smallest absolute Gasteiger partial charge is 0.358 e. The minimum absolute atomic E-state index is 0.0603. The molecule has 0 bridgehead atoms. The Morgan fingerprint density at radius 1 is 1.61 bits per heavy atom. The summed E-state index contributed by atoms with van der Waals surface area (Å²) < 4.78 is 1.48. The van der Waals surface area contributed by atoms with Gasteiger partial charge in [-0.25, -0.2) is 0 Å². The van der Waals surface area contributed by atoms with E-state index in [1.54, 1.807) is 6.92 Å². The molecule has 7 nitrogen and oxygen atoms in total. The molecular weight excluding hydrogens is 236 g/mol. The average Bonchev–Trinajstić information content (AvgIpc) is 2.60. The number of aromatic nitrogens is 2. The van der Waals surface area contributed by atoms with Crippen molar-refractivity contribution in [3.63, 3.8) is 0 Å². The fourth-order valence-electron chi connectivity index (χ4n) is 1.45. The summed E-state index contributed by atoms with van der Waals surface area (Å²) in [6.45, 7) is 6.47. The molecule has 0 unspecified atom stereocenters. The molecule has 0 saturated carbocycles. The third-order valence-electron chi connectivity index (χ3n) is 2.51. The molecule has 1 heterocycles. The number of rotatable bonds is 6. The van der Waals surface area contributed by atoms with E-state index < -0.39 is 4.92 Å². The van der Waals surface area contributed by atoms with Crippen LogP contribution >= 0.6 is 0 Å². The minimum Gasteiger partial charge on any atom is -0.358 e. The van der Waals surface area contributed by atoms with Crippen LogP contribution in [0.25, 0.3) is 0 Å². The lowest BCUT2D eigenvalue weighted by Crippen LogP contribution is -2.29. The number of nitro groups is 1. The van der Waals surface area contributed by atoms with Gasteiger partial charge in [0.2, 0.25) is 11.7 Å². The number of imidazole rings is 1. The predicted molar refractivity (Wildman–Crippen MR) is 66.1 cm³/mol. The number of hydrogen-bond donors (Lipinski definition) is 1. The van der Waals surface area contributed by atoms with Crippen molar-refractivity contribution in [3.8, 4) is 0 Å². The first kappa shape index (κ1) is 14.1. The second-order valence-electron chi connectivity index (χ2n) is 4.56. The largest absolute Gasteiger partial charge is 0.381 e. The van der Waals surface area contributed by atoms with Crippen LogP contribution in [-0.2, 0) is 11.3 Å². The Hall–Kier alpha value is -1.92.